The first-order chi connectivity index (χ1) is 11.5. The van der Waals surface area contributed by atoms with E-state index in [-0.39, 0.29) is 11.7 Å². The molecule has 0 saturated carbocycles. The molecule has 0 aliphatic heterocycles. The number of nitrogens with zero attached hydrogens (tertiary/aromatic N) is 2. The number of carbonyl (C=O) groups excluding carboxylic acids is 1. The number of carbonyl (C=O) groups is 1. The lowest BCUT2D eigenvalue weighted by atomic mass is 10.1. The second-order valence-corrected chi connectivity index (χ2v) is 6.63. The molecule has 0 spiro atoms. The molecule has 2 rings (SSSR count). The minimum absolute atomic E-state index is 0.0145. The summed E-state index contributed by atoms with van der Waals surface area (Å²) < 4.78 is 39.5. The van der Waals surface area contributed by atoms with Crippen molar-refractivity contribution in [3.05, 3.63) is 61.8 Å². The zero-order valence-corrected chi connectivity index (χ0v) is 15.4. The normalized spacial score (nSPS) is 11.5. The van der Waals surface area contributed by atoms with Crippen molar-refractivity contribution in [2.45, 2.75) is 19.6 Å². The average molecular weight is 412 g/mol. The van der Waals surface area contributed by atoms with Crippen LogP contribution in [0.3, 0.4) is 0 Å². The van der Waals surface area contributed by atoms with E-state index in [1.165, 1.54) is 13.1 Å². The van der Waals surface area contributed by atoms with Crippen LogP contribution in [0, 0.1) is 6.92 Å². The zero-order valence-electron chi connectivity index (χ0n) is 13.1. The third-order valence-corrected chi connectivity index (χ3v) is 4.29. The molecule has 3 nitrogen and oxygen atoms in total. The van der Waals surface area contributed by atoms with Crippen molar-refractivity contribution in [1.82, 2.24) is 9.88 Å². The highest BCUT2D eigenvalue weighted by Crippen LogP contribution is 2.34. The Kier molecular flexibility index (Phi) is 5.86. The molecular formula is C16H12Cl3F3N2O. The largest absolute Gasteiger partial charge is 0.417 e. The molecule has 0 aliphatic carbocycles. The molecule has 25 heavy (non-hydrogen) atoms. The first-order valence-electron chi connectivity index (χ1n) is 6.93. The van der Waals surface area contributed by atoms with Crippen molar-refractivity contribution in [3.63, 3.8) is 0 Å². The van der Waals surface area contributed by atoms with Gasteiger partial charge in [0.1, 0.15) is 5.15 Å². The summed E-state index contributed by atoms with van der Waals surface area (Å²) in [4.78, 5) is 17.2. The van der Waals surface area contributed by atoms with Gasteiger partial charge in [0.25, 0.3) is 5.91 Å². The summed E-state index contributed by atoms with van der Waals surface area (Å²) in [5.74, 6) is -0.845. The third-order valence-electron chi connectivity index (χ3n) is 3.53. The Morgan fingerprint density at radius 1 is 1.20 bits per heavy atom. The molecule has 0 N–H and O–H groups in total. The maximum absolute atomic E-state index is 13.2. The fourth-order valence-electron chi connectivity index (χ4n) is 2.28. The number of alkyl halides is 3. The number of aryl methyl sites for hydroxylation is 1. The quantitative estimate of drug-likeness (QED) is 0.612. The molecule has 0 radical (unpaired) electrons. The Morgan fingerprint density at radius 2 is 1.84 bits per heavy atom. The van der Waals surface area contributed by atoms with Crippen LogP contribution in [0.15, 0.2) is 24.4 Å². The predicted molar refractivity (Wildman–Crippen MR) is 91.2 cm³/mol. The van der Waals surface area contributed by atoms with Crippen LogP contribution in [0.1, 0.15) is 27.0 Å². The van der Waals surface area contributed by atoms with Crippen LogP contribution >= 0.6 is 34.8 Å². The molecule has 1 heterocycles. The van der Waals surface area contributed by atoms with Gasteiger partial charge in [-0.05, 0) is 36.2 Å². The summed E-state index contributed by atoms with van der Waals surface area (Å²) in [7, 11) is 1.38. The van der Waals surface area contributed by atoms with Crippen molar-refractivity contribution in [1.29, 1.82) is 0 Å². The summed E-state index contributed by atoms with van der Waals surface area (Å²) in [6.07, 6.45) is -3.91. The number of hydrogen-bond donors (Lipinski definition) is 0. The van der Waals surface area contributed by atoms with Crippen molar-refractivity contribution in [2.24, 2.45) is 0 Å². The van der Waals surface area contributed by atoms with Gasteiger partial charge in [0.15, 0.2) is 0 Å². The van der Waals surface area contributed by atoms with Crippen LogP contribution in [-0.4, -0.2) is 22.8 Å². The van der Waals surface area contributed by atoms with Crippen LogP contribution < -0.4 is 0 Å². The average Bonchev–Trinajstić information content (AvgIpc) is 2.49. The van der Waals surface area contributed by atoms with E-state index in [1.54, 1.807) is 13.0 Å². The molecule has 1 aromatic heterocycles. The highest BCUT2D eigenvalue weighted by Gasteiger charge is 2.36. The number of rotatable bonds is 3. The van der Waals surface area contributed by atoms with Crippen molar-refractivity contribution in [3.8, 4) is 0 Å². The molecule has 0 saturated heterocycles. The van der Waals surface area contributed by atoms with Gasteiger partial charge in [-0.25, -0.2) is 4.98 Å². The van der Waals surface area contributed by atoms with E-state index < -0.39 is 23.2 Å². The Bertz CT molecular complexity index is 802. The molecule has 0 bridgehead atoms. The topological polar surface area (TPSA) is 33.2 Å². The van der Waals surface area contributed by atoms with Gasteiger partial charge in [-0.1, -0.05) is 34.8 Å². The van der Waals surface area contributed by atoms with Gasteiger partial charge in [-0.3, -0.25) is 4.79 Å². The second-order valence-electron chi connectivity index (χ2n) is 5.39. The maximum atomic E-state index is 13.2. The molecule has 1 amide bonds. The smallest absolute Gasteiger partial charge is 0.337 e. The third kappa shape index (κ3) is 4.57. The maximum Gasteiger partial charge on any atom is 0.417 e. The lowest BCUT2D eigenvalue weighted by Crippen LogP contribution is -2.29. The number of aromatic nitrogens is 1. The van der Waals surface area contributed by atoms with Crippen LogP contribution in [0.5, 0.6) is 0 Å². The van der Waals surface area contributed by atoms with E-state index in [1.807, 2.05) is 0 Å². The molecule has 134 valence electrons. The Balaban J connectivity index is 2.36. The molecule has 0 atom stereocenters. The van der Waals surface area contributed by atoms with Gasteiger partial charge in [0.2, 0.25) is 0 Å². The summed E-state index contributed by atoms with van der Waals surface area (Å²) in [5.41, 5.74) is -0.398. The van der Waals surface area contributed by atoms with Crippen molar-refractivity contribution >= 4 is 40.7 Å². The van der Waals surface area contributed by atoms with E-state index in [0.717, 1.165) is 16.7 Å². The molecule has 1 aromatic carbocycles. The van der Waals surface area contributed by atoms with E-state index in [2.05, 4.69) is 4.98 Å². The van der Waals surface area contributed by atoms with Crippen LogP contribution in [0.4, 0.5) is 13.2 Å². The van der Waals surface area contributed by atoms with Gasteiger partial charge in [-0.2, -0.15) is 13.2 Å². The number of pyridine rings is 1. The lowest BCUT2D eigenvalue weighted by molar-refractivity contribution is -0.138. The lowest BCUT2D eigenvalue weighted by Gasteiger charge is -2.21. The Labute approximate surface area is 157 Å². The Morgan fingerprint density at radius 3 is 2.40 bits per heavy atom. The van der Waals surface area contributed by atoms with Crippen molar-refractivity contribution in [2.75, 3.05) is 7.05 Å². The van der Waals surface area contributed by atoms with Crippen LogP contribution in [0.25, 0.3) is 0 Å². The summed E-state index contributed by atoms with van der Waals surface area (Å²) in [6, 6.07) is 3.80. The summed E-state index contributed by atoms with van der Waals surface area (Å²) >= 11 is 17.5. The fraction of sp³-hybridized carbons (Fsp3) is 0.250. The number of halogens is 6. The van der Waals surface area contributed by atoms with Crippen LogP contribution in [-0.2, 0) is 12.7 Å². The molecule has 0 aliphatic rings. The molecular weight excluding hydrogens is 400 g/mol. The Hall–Kier alpha value is -1.50. The number of amides is 1. The van der Waals surface area contributed by atoms with Gasteiger partial charge in [0.05, 0.1) is 11.1 Å². The van der Waals surface area contributed by atoms with E-state index in [9.17, 15) is 18.0 Å². The zero-order chi connectivity index (χ0) is 18.9. The van der Waals surface area contributed by atoms with Gasteiger partial charge in [0, 0.05) is 29.8 Å². The van der Waals surface area contributed by atoms with Crippen LogP contribution in [0.2, 0.25) is 15.2 Å². The monoisotopic (exact) mass is 410 g/mol. The number of benzene rings is 1. The molecule has 0 unspecified atom stereocenters. The fourth-order valence-corrected chi connectivity index (χ4v) is 3.09. The SMILES string of the molecule is Cc1cc(Cl)cc(Cl)c1CN(C)C(=O)c1cnc(Cl)cc1C(F)(F)F. The first-order valence-corrected chi connectivity index (χ1v) is 8.07. The minimum Gasteiger partial charge on any atom is -0.337 e. The van der Waals surface area contributed by atoms with E-state index in [0.29, 0.717) is 21.7 Å². The number of hydrogen-bond acceptors (Lipinski definition) is 2. The standard InChI is InChI=1S/C16H12Cl3F3N2O/c1-8-3-9(17)4-13(18)11(8)7-24(2)15(25)10-6-23-14(19)5-12(10)16(20,21)22/h3-6H,7H2,1-2H3. The molecule has 9 heteroatoms. The second kappa shape index (κ2) is 7.40. The highest BCUT2D eigenvalue weighted by molar-refractivity contribution is 6.35. The van der Waals surface area contributed by atoms with Crippen molar-refractivity contribution < 1.29 is 18.0 Å². The summed E-state index contributed by atoms with van der Waals surface area (Å²) in [6.45, 7) is 1.76. The van der Waals surface area contributed by atoms with Gasteiger partial charge in [-0.15, -0.1) is 0 Å². The van der Waals surface area contributed by atoms with Gasteiger partial charge >= 0.3 is 6.18 Å². The molecule has 0 fully saturated rings. The summed E-state index contributed by atoms with van der Waals surface area (Å²) in [5, 5.41) is 0.416. The van der Waals surface area contributed by atoms with E-state index in [4.69, 9.17) is 34.8 Å². The molecule has 2 aromatic rings. The van der Waals surface area contributed by atoms with E-state index >= 15 is 0 Å². The van der Waals surface area contributed by atoms with Gasteiger partial charge < -0.3 is 4.90 Å². The first kappa shape index (κ1) is 19.8. The predicted octanol–water partition coefficient (Wildman–Crippen LogP) is 5.64. The minimum atomic E-state index is -4.73. The highest BCUT2D eigenvalue weighted by atomic mass is 35.5.